The molecule has 1 unspecified atom stereocenters. The second-order valence-electron chi connectivity index (χ2n) is 24.1. The molecule has 0 aromatic carbocycles. The van der Waals surface area contributed by atoms with Gasteiger partial charge in [0, 0.05) is 19.3 Å². The van der Waals surface area contributed by atoms with E-state index in [2.05, 4.69) is 69.4 Å². The molecule has 1 atom stereocenters. The van der Waals surface area contributed by atoms with Crippen molar-refractivity contribution in [3.05, 3.63) is 48.6 Å². The third-order valence-corrected chi connectivity index (χ3v) is 16.1. The standard InChI is InChI=1S/C74H136O6/c1-4-7-10-13-16-19-22-25-28-31-32-33-34-35-36-37-38-39-40-41-42-43-44-47-49-52-55-58-61-64-67-73(76)79-70-71(80-74(77)68-65-62-59-56-53-50-46-30-27-24-21-18-15-12-9-6-3)69-78-72(75)66-63-60-57-54-51-48-45-29-26-23-20-17-14-11-8-5-2/h20-21,23-24,29-30,45-46,71H,4-19,22,25-28,31-44,47-70H2,1-3H3/b23-20-,24-21-,45-29-,46-30-. The molecule has 0 fully saturated rings. The van der Waals surface area contributed by atoms with Gasteiger partial charge in [0.15, 0.2) is 6.10 Å². The highest BCUT2D eigenvalue weighted by Gasteiger charge is 2.19. The number of ether oxygens (including phenoxy) is 3. The molecule has 0 heterocycles. The lowest BCUT2D eigenvalue weighted by atomic mass is 10.0. The molecule has 0 aliphatic heterocycles. The van der Waals surface area contributed by atoms with Gasteiger partial charge in [0.25, 0.3) is 0 Å². The molecule has 0 rings (SSSR count). The number of allylic oxidation sites excluding steroid dienone is 8. The summed E-state index contributed by atoms with van der Waals surface area (Å²) in [6, 6.07) is 0. The molecule has 0 saturated carbocycles. The van der Waals surface area contributed by atoms with Crippen molar-refractivity contribution in [2.75, 3.05) is 13.2 Å². The van der Waals surface area contributed by atoms with Crippen molar-refractivity contribution in [1.29, 1.82) is 0 Å². The molecule has 0 radical (unpaired) electrons. The molecule has 0 saturated heterocycles. The van der Waals surface area contributed by atoms with E-state index in [0.29, 0.717) is 19.3 Å². The molecule has 468 valence electrons. The van der Waals surface area contributed by atoms with Crippen molar-refractivity contribution in [1.82, 2.24) is 0 Å². The first-order valence-corrected chi connectivity index (χ1v) is 35.6. The molecular weight excluding hydrogens is 985 g/mol. The largest absolute Gasteiger partial charge is 0.462 e. The van der Waals surface area contributed by atoms with E-state index < -0.39 is 6.10 Å². The van der Waals surface area contributed by atoms with Crippen molar-refractivity contribution in [2.24, 2.45) is 0 Å². The van der Waals surface area contributed by atoms with Crippen LogP contribution in [-0.4, -0.2) is 37.2 Å². The average molecular weight is 1120 g/mol. The van der Waals surface area contributed by atoms with E-state index in [4.69, 9.17) is 14.2 Å². The molecule has 0 spiro atoms. The number of rotatable bonds is 66. The van der Waals surface area contributed by atoms with E-state index in [0.717, 1.165) is 103 Å². The van der Waals surface area contributed by atoms with Crippen LogP contribution in [0, 0.1) is 0 Å². The number of unbranched alkanes of at least 4 members (excludes halogenated alkanes) is 47. The van der Waals surface area contributed by atoms with Crippen molar-refractivity contribution < 1.29 is 28.6 Å². The van der Waals surface area contributed by atoms with Gasteiger partial charge in [0.1, 0.15) is 13.2 Å². The van der Waals surface area contributed by atoms with E-state index in [1.54, 1.807) is 0 Å². The maximum atomic E-state index is 12.9. The number of carbonyl (C=O) groups is 3. The van der Waals surface area contributed by atoms with Gasteiger partial charge in [-0.15, -0.1) is 0 Å². The Morgan fingerprint density at radius 2 is 0.450 bits per heavy atom. The van der Waals surface area contributed by atoms with Crippen LogP contribution in [0.25, 0.3) is 0 Å². The maximum absolute atomic E-state index is 12.9. The van der Waals surface area contributed by atoms with Crippen LogP contribution in [0.15, 0.2) is 48.6 Å². The van der Waals surface area contributed by atoms with Gasteiger partial charge in [-0.3, -0.25) is 14.4 Å². The van der Waals surface area contributed by atoms with Crippen LogP contribution in [-0.2, 0) is 28.6 Å². The van der Waals surface area contributed by atoms with E-state index >= 15 is 0 Å². The monoisotopic (exact) mass is 1120 g/mol. The van der Waals surface area contributed by atoms with Crippen molar-refractivity contribution in [2.45, 2.75) is 393 Å². The highest BCUT2D eigenvalue weighted by atomic mass is 16.6. The summed E-state index contributed by atoms with van der Waals surface area (Å²) in [5, 5.41) is 0. The van der Waals surface area contributed by atoms with E-state index in [-0.39, 0.29) is 31.1 Å². The summed E-state index contributed by atoms with van der Waals surface area (Å²) in [7, 11) is 0. The van der Waals surface area contributed by atoms with Crippen LogP contribution >= 0.6 is 0 Å². The fourth-order valence-electron chi connectivity index (χ4n) is 10.7. The number of carbonyl (C=O) groups excluding carboxylic acids is 3. The molecule has 0 bridgehead atoms. The second-order valence-corrected chi connectivity index (χ2v) is 24.1. The molecule has 6 nitrogen and oxygen atoms in total. The Labute approximate surface area is 498 Å². The zero-order chi connectivity index (χ0) is 57.8. The Hall–Kier alpha value is -2.63. The minimum absolute atomic E-state index is 0.0799. The van der Waals surface area contributed by atoms with Crippen LogP contribution in [0.2, 0.25) is 0 Å². The van der Waals surface area contributed by atoms with Crippen LogP contribution in [0.3, 0.4) is 0 Å². The minimum atomic E-state index is -0.786. The van der Waals surface area contributed by atoms with Crippen molar-refractivity contribution in [3.63, 3.8) is 0 Å². The predicted octanol–water partition coefficient (Wildman–Crippen LogP) is 24.5. The van der Waals surface area contributed by atoms with Gasteiger partial charge in [0.2, 0.25) is 0 Å². The molecule has 0 aromatic rings. The molecule has 0 aliphatic carbocycles. The first kappa shape index (κ1) is 77.4. The summed E-state index contributed by atoms with van der Waals surface area (Å²) >= 11 is 0. The fourth-order valence-corrected chi connectivity index (χ4v) is 10.7. The summed E-state index contributed by atoms with van der Waals surface area (Å²) in [5.74, 6) is -0.884. The number of hydrogen-bond acceptors (Lipinski definition) is 6. The average Bonchev–Trinajstić information content (AvgIpc) is 3.46. The normalized spacial score (nSPS) is 12.3. The smallest absolute Gasteiger partial charge is 0.306 e. The lowest BCUT2D eigenvalue weighted by Crippen LogP contribution is -2.30. The van der Waals surface area contributed by atoms with Gasteiger partial charge in [-0.1, -0.05) is 333 Å². The Morgan fingerprint density at radius 1 is 0.250 bits per heavy atom. The van der Waals surface area contributed by atoms with Crippen LogP contribution < -0.4 is 0 Å². The van der Waals surface area contributed by atoms with Gasteiger partial charge in [-0.2, -0.15) is 0 Å². The van der Waals surface area contributed by atoms with Gasteiger partial charge in [0.05, 0.1) is 0 Å². The van der Waals surface area contributed by atoms with Crippen LogP contribution in [0.4, 0.5) is 0 Å². The van der Waals surface area contributed by atoms with Crippen LogP contribution in [0.1, 0.15) is 387 Å². The van der Waals surface area contributed by atoms with Crippen molar-refractivity contribution >= 4 is 17.9 Å². The third-order valence-electron chi connectivity index (χ3n) is 16.1. The fraction of sp³-hybridized carbons (Fsp3) is 0.851. The summed E-state index contributed by atoms with van der Waals surface area (Å²) in [6.07, 6.45) is 87.2. The molecule has 0 aliphatic rings. The number of hydrogen-bond donors (Lipinski definition) is 0. The third kappa shape index (κ3) is 66.2. The predicted molar refractivity (Wildman–Crippen MR) is 349 cm³/mol. The topological polar surface area (TPSA) is 78.9 Å². The lowest BCUT2D eigenvalue weighted by Gasteiger charge is -2.18. The SMILES string of the molecule is CCCCCC/C=C\C/C=C\CCCCCCCC(=O)OCC(COC(=O)CCCCCCCCCCCCCCCCCCCCCCCCCCCCCCCC)OC(=O)CCCCCCC/C=C\C/C=C\CCCCCC. The van der Waals surface area contributed by atoms with E-state index in [9.17, 15) is 14.4 Å². The second kappa shape index (κ2) is 68.9. The molecule has 80 heavy (non-hydrogen) atoms. The molecule has 0 aromatic heterocycles. The first-order chi connectivity index (χ1) is 39.5. The van der Waals surface area contributed by atoms with E-state index in [1.165, 1.54) is 244 Å². The zero-order valence-electron chi connectivity index (χ0n) is 53.9. The summed E-state index contributed by atoms with van der Waals surface area (Å²) in [6.45, 7) is 6.65. The highest BCUT2D eigenvalue weighted by molar-refractivity contribution is 5.71. The maximum Gasteiger partial charge on any atom is 0.306 e. The van der Waals surface area contributed by atoms with Gasteiger partial charge in [-0.05, 0) is 83.5 Å². The Morgan fingerprint density at radius 3 is 0.700 bits per heavy atom. The van der Waals surface area contributed by atoms with E-state index in [1.807, 2.05) is 0 Å². The van der Waals surface area contributed by atoms with Crippen molar-refractivity contribution in [3.8, 4) is 0 Å². The summed E-state index contributed by atoms with van der Waals surface area (Å²) in [5.41, 5.74) is 0. The van der Waals surface area contributed by atoms with Gasteiger partial charge < -0.3 is 14.2 Å². The van der Waals surface area contributed by atoms with Gasteiger partial charge in [-0.25, -0.2) is 0 Å². The summed E-state index contributed by atoms with van der Waals surface area (Å²) in [4.78, 5) is 38.4. The highest BCUT2D eigenvalue weighted by Crippen LogP contribution is 2.18. The minimum Gasteiger partial charge on any atom is -0.462 e. The Bertz CT molecular complexity index is 1380. The Kier molecular flexibility index (Phi) is 66.6. The zero-order valence-corrected chi connectivity index (χ0v) is 53.9. The molecule has 0 N–H and O–H groups in total. The lowest BCUT2D eigenvalue weighted by molar-refractivity contribution is -0.167. The first-order valence-electron chi connectivity index (χ1n) is 35.6. The Balaban J connectivity index is 4.20. The van der Waals surface area contributed by atoms with Crippen LogP contribution in [0.5, 0.6) is 0 Å². The molecule has 0 amide bonds. The summed E-state index contributed by atoms with van der Waals surface area (Å²) < 4.78 is 17.0. The molecular formula is C74H136O6. The number of esters is 3. The quantitative estimate of drug-likeness (QED) is 0.0261. The molecule has 6 heteroatoms. The van der Waals surface area contributed by atoms with Gasteiger partial charge >= 0.3 is 17.9 Å².